The van der Waals surface area contributed by atoms with E-state index in [2.05, 4.69) is 60.7 Å². The average molecular weight is 272 g/mol. The molecule has 2 nitrogen and oxygen atoms in total. The molecule has 0 saturated heterocycles. The second-order valence-electron chi connectivity index (χ2n) is 5.38. The van der Waals surface area contributed by atoms with Gasteiger partial charge in [-0.05, 0) is 24.1 Å². The van der Waals surface area contributed by atoms with Crippen LogP contribution in [0.3, 0.4) is 0 Å². The van der Waals surface area contributed by atoms with Crippen LogP contribution in [-0.2, 0) is 13.5 Å². The number of aromatic nitrogens is 2. The summed E-state index contributed by atoms with van der Waals surface area (Å²) in [5.74, 6) is 0. The molecular formula is C19H16N2. The van der Waals surface area contributed by atoms with Gasteiger partial charge in [0.15, 0.2) is 0 Å². The molecule has 0 saturated carbocycles. The largest absolute Gasteiger partial charge is 0.328 e. The molecular weight excluding hydrogens is 256 g/mol. The molecule has 0 atom stereocenters. The Bertz CT molecular complexity index is 993. The first-order valence-corrected chi connectivity index (χ1v) is 7.17. The maximum atomic E-state index is 4.89. The number of nitrogens with zero attached hydrogens (tertiary/aromatic N) is 2. The Hall–Kier alpha value is -2.61. The van der Waals surface area contributed by atoms with Gasteiger partial charge in [-0.3, -0.25) is 0 Å². The minimum Gasteiger partial charge on any atom is -0.328 e. The number of hydrogen-bond donors (Lipinski definition) is 0. The summed E-state index contributed by atoms with van der Waals surface area (Å²) in [6.07, 6.45) is 2.83. The van der Waals surface area contributed by atoms with Crippen LogP contribution in [0, 0.1) is 0 Å². The van der Waals surface area contributed by atoms with Crippen molar-refractivity contribution in [1.29, 1.82) is 0 Å². The van der Waals surface area contributed by atoms with Crippen LogP contribution in [0.25, 0.3) is 32.8 Å². The minimum atomic E-state index is 0.855. The highest BCUT2D eigenvalue weighted by Crippen LogP contribution is 2.34. The van der Waals surface area contributed by atoms with E-state index in [1.165, 1.54) is 27.2 Å². The van der Waals surface area contributed by atoms with E-state index in [-0.39, 0.29) is 0 Å². The average Bonchev–Trinajstić information content (AvgIpc) is 2.81. The van der Waals surface area contributed by atoms with Crippen LogP contribution >= 0.6 is 0 Å². The third-order valence-electron chi connectivity index (χ3n) is 4.18. The summed E-state index contributed by atoms with van der Waals surface area (Å²) in [6.45, 7) is 3.93. The van der Waals surface area contributed by atoms with E-state index >= 15 is 0 Å². The van der Waals surface area contributed by atoms with Crippen molar-refractivity contribution in [3.8, 4) is 0 Å². The summed E-state index contributed by atoms with van der Waals surface area (Å²) in [4.78, 5) is 4.89. The van der Waals surface area contributed by atoms with Gasteiger partial charge in [0, 0.05) is 23.2 Å². The Labute approximate surface area is 123 Å². The topological polar surface area (TPSA) is 17.8 Å². The van der Waals surface area contributed by atoms with Crippen molar-refractivity contribution in [2.24, 2.45) is 7.05 Å². The van der Waals surface area contributed by atoms with E-state index in [0.717, 1.165) is 17.6 Å². The first-order valence-electron chi connectivity index (χ1n) is 7.17. The molecule has 0 amide bonds. The SMILES string of the molecule is C=CCc1c2ccccc2nc2c1c1ccccc1n2C. The Kier molecular flexibility index (Phi) is 2.58. The molecule has 4 aromatic rings. The number of para-hydroxylation sites is 2. The highest BCUT2D eigenvalue weighted by Gasteiger charge is 2.15. The van der Waals surface area contributed by atoms with Crippen molar-refractivity contribution in [2.75, 3.05) is 0 Å². The normalized spacial score (nSPS) is 11.5. The lowest BCUT2D eigenvalue weighted by Gasteiger charge is -2.07. The Morgan fingerprint density at radius 2 is 1.76 bits per heavy atom. The summed E-state index contributed by atoms with van der Waals surface area (Å²) >= 11 is 0. The Balaban J connectivity index is 2.33. The van der Waals surface area contributed by atoms with Gasteiger partial charge in [-0.1, -0.05) is 42.5 Å². The summed E-state index contributed by atoms with van der Waals surface area (Å²) in [5.41, 5.74) is 4.64. The zero-order valence-electron chi connectivity index (χ0n) is 12.0. The number of pyridine rings is 1. The molecule has 2 heterocycles. The van der Waals surface area contributed by atoms with Crippen molar-refractivity contribution in [2.45, 2.75) is 6.42 Å². The van der Waals surface area contributed by atoms with Crippen LogP contribution in [0.2, 0.25) is 0 Å². The van der Waals surface area contributed by atoms with E-state index in [1.807, 2.05) is 12.1 Å². The first-order chi connectivity index (χ1) is 10.3. The van der Waals surface area contributed by atoms with Crippen molar-refractivity contribution in [1.82, 2.24) is 9.55 Å². The minimum absolute atomic E-state index is 0.855. The lowest BCUT2D eigenvalue weighted by atomic mass is 10.0. The molecule has 0 fully saturated rings. The quantitative estimate of drug-likeness (QED) is 0.487. The van der Waals surface area contributed by atoms with Crippen molar-refractivity contribution in [3.05, 3.63) is 66.7 Å². The molecule has 2 aromatic carbocycles. The van der Waals surface area contributed by atoms with Crippen LogP contribution in [0.15, 0.2) is 61.2 Å². The molecule has 21 heavy (non-hydrogen) atoms. The van der Waals surface area contributed by atoms with Crippen molar-refractivity contribution in [3.63, 3.8) is 0 Å². The van der Waals surface area contributed by atoms with Gasteiger partial charge in [-0.2, -0.15) is 0 Å². The molecule has 0 spiro atoms. The first kappa shape index (κ1) is 12.2. The van der Waals surface area contributed by atoms with Crippen LogP contribution < -0.4 is 0 Å². The molecule has 0 unspecified atom stereocenters. The van der Waals surface area contributed by atoms with Gasteiger partial charge in [0.05, 0.1) is 11.0 Å². The highest BCUT2D eigenvalue weighted by molar-refractivity contribution is 6.12. The molecule has 0 N–H and O–H groups in total. The molecule has 0 aliphatic rings. The fourth-order valence-corrected chi connectivity index (χ4v) is 3.24. The van der Waals surface area contributed by atoms with Gasteiger partial charge >= 0.3 is 0 Å². The van der Waals surface area contributed by atoms with Gasteiger partial charge in [-0.25, -0.2) is 4.98 Å². The van der Waals surface area contributed by atoms with Gasteiger partial charge in [0.2, 0.25) is 0 Å². The summed E-state index contributed by atoms with van der Waals surface area (Å²) in [7, 11) is 2.09. The van der Waals surface area contributed by atoms with Crippen LogP contribution in [0.1, 0.15) is 5.56 Å². The standard InChI is InChI=1S/C19H16N2/c1-3-8-14-13-9-4-6-11-16(13)20-19-18(14)15-10-5-7-12-17(15)21(19)2/h3-7,9-12H,1,8H2,2H3. The third kappa shape index (κ3) is 1.62. The van der Waals surface area contributed by atoms with Gasteiger partial charge in [0.1, 0.15) is 5.65 Å². The number of aryl methyl sites for hydroxylation is 1. The van der Waals surface area contributed by atoms with Gasteiger partial charge in [-0.15, -0.1) is 6.58 Å². The zero-order chi connectivity index (χ0) is 14.4. The van der Waals surface area contributed by atoms with Gasteiger partial charge in [0.25, 0.3) is 0 Å². The van der Waals surface area contributed by atoms with E-state index in [1.54, 1.807) is 0 Å². The van der Waals surface area contributed by atoms with Crippen LogP contribution in [-0.4, -0.2) is 9.55 Å². The van der Waals surface area contributed by atoms with E-state index in [4.69, 9.17) is 4.98 Å². The number of fused-ring (bicyclic) bond motifs is 4. The summed E-state index contributed by atoms with van der Waals surface area (Å²) < 4.78 is 2.18. The maximum Gasteiger partial charge on any atom is 0.141 e. The molecule has 0 bridgehead atoms. The predicted molar refractivity (Wildman–Crippen MR) is 89.6 cm³/mol. The van der Waals surface area contributed by atoms with E-state index < -0.39 is 0 Å². The molecule has 0 radical (unpaired) electrons. The van der Waals surface area contributed by atoms with E-state index in [9.17, 15) is 0 Å². The summed E-state index contributed by atoms with van der Waals surface area (Å²) in [5, 5.41) is 3.75. The number of benzene rings is 2. The fourth-order valence-electron chi connectivity index (χ4n) is 3.24. The van der Waals surface area contributed by atoms with Crippen molar-refractivity contribution < 1.29 is 0 Å². The monoisotopic (exact) mass is 272 g/mol. The molecule has 4 rings (SSSR count). The molecule has 0 aliphatic heterocycles. The Morgan fingerprint density at radius 1 is 1.05 bits per heavy atom. The van der Waals surface area contributed by atoms with Crippen LogP contribution in [0.4, 0.5) is 0 Å². The number of hydrogen-bond acceptors (Lipinski definition) is 1. The lowest BCUT2D eigenvalue weighted by molar-refractivity contribution is 0.993. The smallest absolute Gasteiger partial charge is 0.141 e. The molecule has 102 valence electrons. The number of rotatable bonds is 2. The lowest BCUT2D eigenvalue weighted by Crippen LogP contribution is -1.94. The predicted octanol–water partition coefficient (Wildman–Crippen LogP) is 4.61. The second-order valence-corrected chi connectivity index (χ2v) is 5.38. The maximum absolute atomic E-state index is 4.89. The molecule has 2 aromatic heterocycles. The number of allylic oxidation sites excluding steroid dienone is 1. The van der Waals surface area contributed by atoms with Crippen molar-refractivity contribution >= 4 is 32.8 Å². The Morgan fingerprint density at radius 3 is 2.57 bits per heavy atom. The molecule has 2 heteroatoms. The fraction of sp³-hybridized carbons (Fsp3) is 0.105. The highest BCUT2D eigenvalue weighted by atomic mass is 15.0. The second kappa shape index (κ2) is 4.45. The van der Waals surface area contributed by atoms with Gasteiger partial charge < -0.3 is 4.57 Å². The molecule has 0 aliphatic carbocycles. The van der Waals surface area contributed by atoms with Crippen LogP contribution in [0.5, 0.6) is 0 Å². The zero-order valence-corrected chi connectivity index (χ0v) is 12.0. The summed E-state index contributed by atoms with van der Waals surface area (Å²) in [6, 6.07) is 16.9. The third-order valence-corrected chi connectivity index (χ3v) is 4.18. The van der Waals surface area contributed by atoms with E-state index in [0.29, 0.717) is 0 Å².